The van der Waals surface area contributed by atoms with Crippen LogP contribution in [0.1, 0.15) is 25.3 Å². The number of amides is 2. The summed E-state index contributed by atoms with van der Waals surface area (Å²) in [4.78, 5) is 18.2. The smallest absolute Gasteiger partial charge is 0.422 e. The first kappa shape index (κ1) is 21.7. The van der Waals surface area contributed by atoms with Crippen LogP contribution in [-0.2, 0) is 6.54 Å². The van der Waals surface area contributed by atoms with Crippen molar-refractivity contribution in [2.75, 3.05) is 29.9 Å². The molecule has 2 aromatic rings. The van der Waals surface area contributed by atoms with Crippen LogP contribution < -0.4 is 20.3 Å². The SMILES string of the molecule is CC1CCN(c2ccc(NC(=O)NCc3ccnc(OCC(F)(F)F)c3)cc2)CC1. The topological polar surface area (TPSA) is 66.5 Å². The van der Waals surface area contributed by atoms with E-state index in [1.54, 1.807) is 6.07 Å². The molecule has 0 saturated carbocycles. The number of hydrogen-bond acceptors (Lipinski definition) is 4. The van der Waals surface area contributed by atoms with Crippen LogP contribution in [0.15, 0.2) is 42.6 Å². The Kier molecular flexibility index (Phi) is 7.02. The minimum absolute atomic E-state index is 0.126. The van der Waals surface area contributed by atoms with Gasteiger partial charge in [-0.3, -0.25) is 0 Å². The first-order valence-electron chi connectivity index (χ1n) is 9.83. The van der Waals surface area contributed by atoms with E-state index >= 15 is 0 Å². The maximum absolute atomic E-state index is 12.2. The van der Waals surface area contributed by atoms with E-state index in [9.17, 15) is 18.0 Å². The second-order valence-electron chi connectivity index (χ2n) is 7.43. The average molecular weight is 422 g/mol. The quantitative estimate of drug-likeness (QED) is 0.715. The van der Waals surface area contributed by atoms with E-state index in [4.69, 9.17) is 0 Å². The second kappa shape index (κ2) is 9.69. The maximum atomic E-state index is 12.2. The van der Waals surface area contributed by atoms with Crippen LogP contribution in [-0.4, -0.2) is 36.9 Å². The summed E-state index contributed by atoms with van der Waals surface area (Å²) in [6.45, 7) is 3.06. The van der Waals surface area contributed by atoms with Gasteiger partial charge in [0.15, 0.2) is 6.61 Å². The highest BCUT2D eigenvalue weighted by atomic mass is 19.4. The predicted molar refractivity (Wildman–Crippen MR) is 109 cm³/mol. The fourth-order valence-corrected chi connectivity index (χ4v) is 3.18. The summed E-state index contributed by atoms with van der Waals surface area (Å²) in [5, 5.41) is 5.41. The predicted octanol–water partition coefficient (Wildman–Crippen LogP) is 4.58. The number of benzene rings is 1. The summed E-state index contributed by atoms with van der Waals surface area (Å²) >= 11 is 0. The van der Waals surface area contributed by atoms with Gasteiger partial charge in [0.25, 0.3) is 0 Å². The lowest BCUT2D eigenvalue weighted by Crippen LogP contribution is -2.32. The molecule has 0 bridgehead atoms. The van der Waals surface area contributed by atoms with Crippen molar-refractivity contribution < 1.29 is 22.7 Å². The Hall–Kier alpha value is -2.97. The van der Waals surface area contributed by atoms with Crippen molar-refractivity contribution in [2.24, 2.45) is 5.92 Å². The number of carbonyl (C=O) groups is 1. The summed E-state index contributed by atoms with van der Waals surface area (Å²) in [6.07, 6.45) is -0.737. The van der Waals surface area contributed by atoms with Crippen LogP contribution in [0.4, 0.5) is 29.3 Å². The van der Waals surface area contributed by atoms with E-state index in [0.717, 1.165) is 24.7 Å². The van der Waals surface area contributed by atoms with Crippen LogP contribution in [0, 0.1) is 5.92 Å². The van der Waals surface area contributed by atoms with Gasteiger partial charge in [0, 0.05) is 43.3 Å². The van der Waals surface area contributed by atoms with E-state index in [1.807, 2.05) is 24.3 Å². The molecule has 0 aliphatic carbocycles. The Bertz CT molecular complexity index is 835. The number of ether oxygens (including phenoxy) is 1. The molecule has 1 aliphatic rings. The van der Waals surface area contributed by atoms with Crippen molar-refractivity contribution in [3.8, 4) is 5.88 Å². The highest BCUT2D eigenvalue weighted by molar-refractivity contribution is 5.89. The fourth-order valence-electron chi connectivity index (χ4n) is 3.18. The number of nitrogens with one attached hydrogen (secondary N) is 2. The van der Waals surface area contributed by atoms with Gasteiger partial charge in [-0.05, 0) is 54.7 Å². The second-order valence-corrected chi connectivity index (χ2v) is 7.43. The number of alkyl halides is 3. The molecule has 2 amide bonds. The number of anilines is 2. The lowest BCUT2D eigenvalue weighted by Gasteiger charge is -2.32. The molecule has 3 rings (SSSR count). The van der Waals surface area contributed by atoms with Gasteiger partial charge in [-0.2, -0.15) is 13.2 Å². The standard InChI is InChI=1S/C21H25F3N4O2/c1-15-7-10-28(11-8-15)18-4-2-17(3-5-18)27-20(29)26-13-16-6-9-25-19(12-16)30-14-21(22,23)24/h2-6,9,12,15H,7-8,10-11,13-14H2,1H3,(H2,26,27,29). The molecule has 0 atom stereocenters. The molecule has 162 valence electrons. The highest BCUT2D eigenvalue weighted by Crippen LogP contribution is 2.24. The van der Waals surface area contributed by atoms with Crippen molar-refractivity contribution >= 4 is 17.4 Å². The largest absolute Gasteiger partial charge is 0.468 e. The van der Waals surface area contributed by atoms with Gasteiger partial charge in [0.2, 0.25) is 5.88 Å². The number of aromatic nitrogens is 1. The third-order valence-electron chi connectivity index (χ3n) is 4.91. The molecule has 0 unspecified atom stereocenters. The Labute approximate surface area is 173 Å². The van der Waals surface area contributed by atoms with Gasteiger partial charge >= 0.3 is 12.2 Å². The minimum Gasteiger partial charge on any atom is -0.468 e. The number of rotatable bonds is 6. The van der Waals surface area contributed by atoms with E-state index < -0.39 is 18.8 Å². The van der Waals surface area contributed by atoms with E-state index in [0.29, 0.717) is 11.3 Å². The molecule has 1 aliphatic heterocycles. The lowest BCUT2D eigenvalue weighted by atomic mass is 9.99. The number of urea groups is 1. The van der Waals surface area contributed by atoms with E-state index in [2.05, 4.69) is 32.2 Å². The van der Waals surface area contributed by atoms with Crippen LogP contribution in [0.25, 0.3) is 0 Å². The Morgan fingerprint density at radius 2 is 1.90 bits per heavy atom. The maximum Gasteiger partial charge on any atom is 0.422 e. The van der Waals surface area contributed by atoms with E-state index in [1.165, 1.54) is 25.1 Å². The van der Waals surface area contributed by atoms with Crippen molar-refractivity contribution in [1.29, 1.82) is 0 Å². The monoisotopic (exact) mass is 422 g/mol. The van der Waals surface area contributed by atoms with Crippen molar-refractivity contribution in [1.82, 2.24) is 10.3 Å². The zero-order chi connectivity index (χ0) is 21.6. The summed E-state index contributed by atoms with van der Waals surface area (Å²) < 4.78 is 41.3. The van der Waals surface area contributed by atoms with Crippen molar-refractivity contribution in [3.63, 3.8) is 0 Å². The van der Waals surface area contributed by atoms with Gasteiger partial charge in [-0.25, -0.2) is 9.78 Å². The van der Waals surface area contributed by atoms with Gasteiger partial charge in [-0.1, -0.05) is 6.92 Å². The molecule has 1 aromatic heterocycles. The normalized spacial score (nSPS) is 15.0. The molecule has 2 heterocycles. The molecule has 1 fully saturated rings. The van der Waals surface area contributed by atoms with Crippen LogP contribution in [0.5, 0.6) is 5.88 Å². The molecule has 0 spiro atoms. The number of piperidine rings is 1. The van der Waals surface area contributed by atoms with Crippen LogP contribution in [0.3, 0.4) is 0 Å². The lowest BCUT2D eigenvalue weighted by molar-refractivity contribution is -0.154. The Balaban J connectivity index is 1.46. The van der Waals surface area contributed by atoms with Gasteiger partial charge < -0.3 is 20.3 Å². The molecule has 30 heavy (non-hydrogen) atoms. The molecule has 6 nitrogen and oxygen atoms in total. The summed E-state index contributed by atoms with van der Waals surface area (Å²) in [7, 11) is 0. The zero-order valence-corrected chi connectivity index (χ0v) is 16.7. The number of pyridine rings is 1. The summed E-state index contributed by atoms with van der Waals surface area (Å²) in [5.41, 5.74) is 2.37. The zero-order valence-electron chi connectivity index (χ0n) is 16.7. The molecule has 0 radical (unpaired) electrons. The molecular formula is C21H25F3N4O2. The van der Waals surface area contributed by atoms with Gasteiger partial charge in [0.1, 0.15) is 0 Å². The summed E-state index contributed by atoms with van der Waals surface area (Å²) in [5.74, 6) is 0.619. The number of halogens is 3. The van der Waals surface area contributed by atoms with Crippen LogP contribution >= 0.6 is 0 Å². The van der Waals surface area contributed by atoms with Gasteiger partial charge in [0.05, 0.1) is 0 Å². The van der Waals surface area contributed by atoms with Crippen molar-refractivity contribution in [2.45, 2.75) is 32.5 Å². The molecule has 1 saturated heterocycles. The Morgan fingerprint density at radius 1 is 1.20 bits per heavy atom. The van der Waals surface area contributed by atoms with Gasteiger partial charge in [-0.15, -0.1) is 0 Å². The fraction of sp³-hybridized carbons (Fsp3) is 0.429. The molecule has 9 heteroatoms. The Morgan fingerprint density at radius 3 is 2.57 bits per heavy atom. The molecular weight excluding hydrogens is 397 g/mol. The van der Waals surface area contributed by atoms with Crippen LogP contribution in [0.2, 0.25) is 0 Å². The third-order valence-corrected chi connectivity index (χ3v) is 4.91. The summed E-state index contributed by atoms with van der Waals surface area (Å²) in [6, 6.07) is 10.2. The highest BCUT2D eigenvalue weighted by Gasteiger charge is 2.28. The van der Waals surface area contributed by atoms with Crippen molar-refractivity contribution in [3.05, 3.63) is 48.2 Å². The number of carbonyl (C=O) groups excluding carboxylic acids is 1. The minimum atomic E-state index is -4.43. The van der Waals surface area contributed by atoms with E-state index in [-0.39, 0.29) is 12.4 Å². The molecule has 2 N–H and O–H groups in total. The average Bonchev–Trinajstić information content (AvgIpc) is 2.72. The number of hydrogen-bond donors (Lipinski definition) is 2. The third kappa shape index (κ3) is 6.82. The first-order chi connectivity index (χ1) is 14.3. The number of nitrogens with zero attached hydrogens (tertiary/aromatic N) is 2. The molecule has 1 aromatic carbocycles. The first-order valence-corrected chi connectivity index (χ1v) is 9.83.